The molecule has 3 heterocycles. The Labute approximate surface area is 175 Å². The van der Waals surface area contributed by atoms with Gasteiger partial charge in [-0.25, -0.2) is 4.98 Å². The van der Waals surface area contributed by atoms with E-state index in [9.17, 15) is 0 Å². The van der Waals surface area contributed by atoms with Gasteiger partial charge in [0.1, 0.15) is 12.7 Å². The van der Waals surface area contributed by atoms with Crippen molar-refractivity contribution in [1.82, 2.24) is 10.3 Å². The molecule has 29 heavy (non-hydrogen) atoms. The third-order valence-electron chi connectivity index (χ3n) is 5.81. The smallest absolute Gasteiger partial charge is 0.186 e. The quantitative estimate of drug-likeness (QED) is 0.614. The number of piperidine rings is 1. The summed E-state index contributed by atoms with van der Waals surface area (Å²) >= 11 is 1.81. The Morgan fingerprint density at radius 2 is 1.83 bits per heavy atom. The highest BCUT2D eigenvalue weighted by atomic mass is 32.1. The first-order chi connectivity index (χ1) is 14.3. The number of thiazole rings is 1. The molecule has 1 aromatic heterocycles. The molecule has 1 N–H and O–H groups in total. The Hall–Kier alpha value is -2.31. The van der Waals surface area contributed by atoms with Crippen molar-refractivity contribution in [3.8, 4) is 11.5 Å². The van der Waals surface area contributed by atoms with Crippen molar-refractivity contribution in [2.45, 2.75) is 25.4 Å². The molecule has 0 amide bonds. The van der Waals surface area contributed by atoms with Crippen molar-refractivity contribution in [1.29, 1.82) is 0 Å². The SMILES string of the molecule is c1ccc2c(c1)OCC(CCNCC1CCN(c3nc4ccccc4s3)CC1)O2. The number of anilines is 1. The van der Waals surface area contributed by atoms with Gasteiger partial charge in [-0.15, -0.1) is 0 Å². The lowest BCUT2D eigenvalue weighted by Crippen LogP contribution is -2.38. The van der Waals surface area contributed by atoms with E-state index in [1.807, 2.05) is 35.6 Å². The van der Waals surface area contributed by atoms with Gasteiger partial charge in [-0.2, -0.15) is 0 Å². The summed E-state index contributed by atoms with van der Waals surface area (Å²) in [5.41, 5.74) is 1.12. The molecule has 5 nitrogen and oxygen atoms in total. The van der Waals surface area contributed by atoms with Crippen molar-refractivity contribution >= 4 is 26.7 Å². The molecule has 152 valence electrons. The van der Waals surface area contributed by atoms with Crippen LogP contribution in [0.25, 0.3) is 10.2 Å². The summed E-state index contributed by atoms with van der Waals surface area (Å²) in [6.45, 7) is 4.89. The molecule has 0 spiro atoms. The predicted octanol–water partition coefficient (Wildman–Crippen LogP) is 4.33. The van der Waals surface area contributed by atoms with Crippen LogP contribution in [0.3, 0.4) is 0 Å². The number of benzene rings is 2. The summed E-state index contributed by atoms with van der Waals surface area (Å²) < 4.78 is 13.1. The maximum atomic E-state index is 6.03. The Morgan fingerprint density at radius 3 is 2.69 bits per heavy atom. The molecule has 2 aliphatic rings. The molecular formula is C23H27N3O2S. The number of rotatable bonds is 6. The van der Waals surface area contributed by atoms with Crippen LogP contribution in [0.4, 0.5) is 5.13 Å². The molecule has 0 aliphatic carbocycles. The fraction of sp³-hybridized carbons (Fsp3) is 0.435. The van der Waals surface area contributed by atoms with Crippen molar-refractivity contribution in [2.75, 3.05) is 37.7 Å². The molecule has 1 unspecified atom stereocenters. The van der Waals surface area contributed by atoms with Crippen molar-refractivity contribution in [2.24, 2.45) is 5.92 Å². The predicted molar refractivity (Wildman–Crippen MR) is 118 cm³/mol. The first kappa shape index (κ1) is 18.7. The maximum absolute atomic E-state index is 6.03. The highest BCUT2D eigenvalue weighted by Crippen LogP contribution is 2.32. The van der Waals surface area contributed by atoms with Crippen molar-refractivity contribution in [3.63, 3.8) is 0 Å². The Balaban J connectivity index is 1.03. The first-order valence-electron chi connectivity index (χ1n) is 10.5. The zero-order valence-corrected chi connectivity index (χ0v) is 17.4. The topological polar surface area (TPSA) is 46.6 Å². The number of fused-ring (bicyclic) bond motifs is 2. The van der Waals surface area contributed by atoms with Crippen LogP contribution in [-0.4, -0.2) is 43.9 Å². The minimum atomic E-state index is 0.137. The van der Waals surface area contributed by atoms with Crippen LogP contribution >= 0.6 is 11.3 Å². The van der Waals surface area contributed by atoms with Gasteiger partial charge in [-0.1, -0.05) is 35.6 Å². The van der Waals surface area contributed by atoms with E-state index in [1.54, 1.807) is 0 Å². The minimum absolute atomic E-state index is 0.137. The molecular weight excluding hydrogens is 382 g/mol. The average molecular weight is 410 g/mol. The van der Waals surface area contributed by atoms with Gasteiger partial charge >= 0.3 is 0 Å². The number of hydrogen-bond donors (Lipinski definition) is 1. The summed E-state index contributed by atoms with van der Waals surface area (Å²) in [5.74, 6) is 2.47. The fourth-order valence-electron chi connectivity index (χ4n) is 4.10. The molecule has 0 bridgehead atoms. The minimum Gasteiger partial charge on any atom is -0.486 e. The highest BCUT2D eigenvalue weighted by Gasteiger charge is 2.22. The second kappa shape index (κ2) is 8.59. The first-order valence-corrected chi connectivity index (χ1v) is 11.4. The Bertz CT molecular complexity index is 919. The Morgan fingerprint density at radius 1 is 1.03 bits per heavy atom. The Kier molecular flexibility index (Phi) is 5.54. The summed E-state index contributed by atoms with van der Waals surface area (Å²) in [7, 11) is 0. The van der Waals surface area contributed by atoms with E-state index in [4.69, 9.17) is 14.5 Å². The van der Waals surface area contributed by atoms with Crippen LogP contribution in [0.2, 0.25) is 0 Å². The number of aromatic nitrogens is 1. The number of nitrogens with one attached hydrogen (secondary N) is 1. The van der Waals surface area contributed by atoms with Crippen LogP contribution in [0.15, 0.2) is 48.5 Å². The summed E-state index contributed by atoms with van der Waals surface area (Å²) in [4.78, 5) is 7.26. The molecule has 3 aromatic rings. The van der Waals surface area contributed by atoms with Gasteiger partial charge in [0.15, 0.2) is 16.6 Å². The summed E-state index contributed by atoms with van der Waals surface area (Å²) in [6.07, 6.45) is 3.55. The molecule has 6 heteroatoms. The normalized spacial score (nSPS) is 19.6. The van der Waals surface area contributed by atoms with Crippen LogP contribution in [0, 0.1) is 5.92 Å². The van der Waals surface area contributed by atoms with Gasteiger partial charge in [0.05, 0.1) is 10.2 Å². The van der Waals surface area contributed by atoms with E-state index in [1.165, 1.54) is 22.7 Å². The van der Waals surface area contributed by atoms with Crippen molar-refractivity contribution < 1.29 is 9.47 Å². The molecule has 0 radical (unpaired) electrons. The molecule has 1 atom stereocenters. The standard InChI is InChI=1S/C23H27N3O2S/c1-4-8-22-19(5-1)25-23(29-22)26-13-10-17(11-14-26)15-24-12-9-18-16-27-20-6-2-3-7-21(20)28-18/h1-8,17-18,24H,9-16H2. The molecule has 2 aromatic carbocycles. The third kappa shape index (κ3) is 4.33. The van der Waals surface area contributed by atoms with E-state index < -0.39 is 0 Å². The van der Waals surface area contributed by atoms with Gasteiger partial charge in [0.25, 0.3) is 0 Å². The summed E-state index contributed by atoms with van der Waals surface area (Å²) in [6, 6.07) is 16.3. The van der Waals surface area contributed by atoms with Gasteiger partial charge in [-0.3, -0.25) is 0 Å². The number of ether oxygens (including phenoxy) is 2. The molecule has 2 aliphatic heterocycles. The number of nitrogens with zero attached hydrogens (tertiary/aromatic N) is 2. The summed E-state index contributed by atoms with van der Waals surface area (Å²) in [5, 5.41) is 4.81. The molecule has 1 saturated heterocycles. The lowest BCUT2D eigenvalue weighted by molar-refractivity contribution is 0.0846. The monoisotopic (exact) mass is 409 g/mol. The van der Waals surface area contributed by atoms with E-state index in [2.05, 4.69) is 34.5 Å². The van der Waals surface area contributed by atoms with Crippen LogP contribution < -0.4 is 19.7 Å². The zero-order chi connectivity index (χ0) is 19.5. The van der Waals surface area contributed by atoms with E-state index >= 15 is 0 Å². The second-order valence-electron chi connectivity index (χ2n) is 7.88. The molecule has 5 rings (SSSR count). The van der Waals surface area contributed by atoms with E-state index in [0.717, 1.165) is 55.5 Å². The van der Waals surface area contributed by atoms with Gasteiger partial charge in [0.2, 0.25) is 0 Å². The molecule has 0 saturated carbocycles. The largest absolute Gasteiger partial charge is 0.486 e. The molecule has 1 fully saturated rings. The fourth-order valence-corrected chi connectivity index (χ4v) is 5.12. The number of para-hydroxylation sites is 3. The van der Waals surface area contributed by atoms with Gasteiger partial charge in [-0.05, 0) is 56.1 Å². The van der Waals surface area contributed by atoms with Crippen LogP contribution in [0.5, 0.6) is 11.5 Å². The number of hydrogen-bond acceptors (Lipinski definition) is 6. The second-order valence-corrected chi connectivity index (χ2v) is 8.89. The average Bonchev–Trinajstić information content (AvgIpc) is 3.21. The van der Waals surface area contributed by atoms with Gasteiger partial charge < -0.3 is 19.7 Å². The van der Waals surface area contributed by atoms with Gasteiger partial charge in [0, 0.05) is 19.5 Å². The maximum Gasteiger partial charge on any atom is 0.186 e. The van der Waals surface area contributed by atoms with Crippen LogP contribution in [-0.2, 0) is 0 Å². The zero-order valence-electron chi connectivity index (χ0n) is 16.5. The van der Waals surface area contributed by atoms with E-state index in [0.29, 0.717) is 6.61 Å². The lowest BCUT2D eigenvalue weighted by atomic mass is 9.97. The van der Waals surface area contributed by atoms with E-state index in [-0.39, 0.29) is 6.10 Å². The highest BCUT2D eigenvalue weighted by molar-refractivity contribution is 7.22. The lowest BCUT2D eigenvalue weighted by Gasteiger charge is -2.32. The van der Waals surface area contributed by atoms with Crippen molar-refractivity contribution in [3.05, 3.63) is 48.5 Å². The van der Waals surface area contributed by atoms with Crippen LogP contribution in [0.1, 0.15) is 19.3 Å². The third-order valence-corrected chi connectivity index (χ3v) is 6.91.